The zero-order valence-electron chi connectivity index (χ0n) is 34.8. The summed E-state index contributed by atoms with van der Waals surface area (Å²) in [6.07, 6.45) is 70.4. The molecule has 0 nitrogen and oxygen atoms in total. The van der Waals surface area contributed by atoms with Crippen LogP contribution >= 0.6 is 0 Å². The van der Waals surface area contributed by atoms with Crippen LogP contribution in [0.3, 0.4) is 0 Å². The third-order valence-electron chi connectivity index (χ3n) is 12.4. The SMILES string of the molecule is CCCCCCCCCCCCCCCCCCCCCCCCCCCCCCCCCCCCCCCCCCCC1CCCCC1. The molecule has 0 aromatic rings. The van der Waals surface area contributed by atoms with E-state index < -0.39 is 0 Å². The van der Waals surface area contributed by atoms with Gasteiger partial charge in [0.2, 0.25) is 0 Å². The molecule has 0 bridgehead atoms. The Morgan fingerprint density at radius 1 is 0.224 bits per heavy atom. The summed E-state index contributed by atoms with van der Waals surface area (Å²) in [6, 6.07) is 0. The maximum Gasteiger partial charge on any atom is -0.0414 e. The molecule has 1 saturated carbocycles. The van der Waals surface area contributed by atoms with Crippen molar-refractivity contribution in [3.63, 3.8) is 0 Å². The second-order valence-corrected chi connectivity index (χ2v) is 17.4. The van der Waals surface area contributed by atoms with Gasteiger partial charge in [0, 0.05) is 0 Å². The third-order valence-corrected chi connectivity index (χ3v) is 12.4. The molecule has 0 saturated heterocycles. The van der Waals surface area contributed by atoms with E-state index in [1.807, 2.05) is 0 Å². The molecule has 0 heterocycles. The molecule has 294 valence electrons. The van der Waals surface area contributed by atoms with Crippen LogP contribution in [0.2, 0.25) is 0 Å². The Morgan fingerprint density at radius 2 is 0.408 bits per heavy atom. The first-order valence-corrected chi connectivity index (χ1v) is 24.4. The maximum atomic E-state index is 2.31. The fourth-order valence-corrected chi connectivity index (χ4v) is 8.88. The molecule has 0 aromatic heterocycles. The third kappa shape index (κ3) is 39.0. The average Bonchev–Trinajstić information content (AvgIpc) is 3.12. The van der Waals surface area contributed by atoms with Gasteiger partial charge in [-0.15, -0.1) is 0 Å². The molecule has 0 N–H and O–H groups in total. The Hall–Kier alpha value is 0. The minimum atomic E-state index is 1.10. The summed E-state index contributed by atoms with van der Waals surface area (Å²) in [7, 11) is 0. The van der Waals surface area contributed by atoms with Crippen LogP contribution in [-0.4, -0.2) is 0 Å². The highest BCUT2D eigenvalue weighted by Crippen LogP contribution is 2.28. The van der Waals surface area contributed by atoms with Crippen molar-refractivity contribution in [1.82, 2.24) is 0 Å². The zero-order chi connectivity index (χ0) is 34.8. The number of hydrogen-bond acceptors (Lipinski definition) is 0. The number of rotatable bonds is 42. The van der Waals surface area contributed by atoms with Gasteiger partial charge in [0.25, 0.3) is 0 Å². The summed E-state index contributed by atoms with van der Waals surface area (Å²) < 4.78 is 0. The minimum absolute atomic E-state index is 1.10. The average molecular weight is 687 g/mol. The fourth-order valence-electron chi connectivity index (χ4n) is 8.88. The molecule has 1 rings (SSSR count). The lowest BCUT2D eigenvalue weighted by Crippen LogP contribution is -2.05. The van der Waals surface area contributed by atoms with E-state index >= 15 is 0 Å². The number of unbranched alkanes of at least 4 members (excludes halogenated alkanes) is 40. The lowest BCUT2D eigenvalue weighted by Gasteiger charge is -2.21. The van der Waals surface area contributed by atoms with E-state index in [0.29, 0.717) is 0 Å². The molecule has 0 aromatic carbocycles. The van der Waals surface area contributed by atoms with Crippen LogP contribution in [-0.2, 0) is 0 Å². The maximum absolute atomic E-state index is 2.31. The summed E-state index contributed by atoms with van der Waals surface area (Å²) in [6.45, 7) is 2.31. The van der Waals surface area contributed by atoms with E-state index in [9.17, 15) is 0 Å². The van der Waals surface area contributed by atoms with E-state index in [-0.39, 0.29) is 0 Å². The van der Waals surface area contributed by atoms with Gasteiger partial charge in [0.15, 0.2) is 0 Å². The molecule has 0 amide bonds. The van der Waals surface area contributed by atoms with Gasteiger partial charge in [0.05, 0.1) is 0 Å². The summed E-state index contributed by atoms with van der Waals surface area (Å²) in [5.41, 5.74) is 0. The van der Waals surface area contributed by atoms with Gasteiger partial charge in [-0.25, -0.2) is 0 Å². The smallest absolute Gasteiger partial charge is 0.0414 e. The Morgan fingerprint density at radius 3 is 0.612 bits per heavy atom. The highest BCUT2D eigenvalue weighted by atomic mass is 14.2. The summed E-state index contributed by atoms with van der Waals surface area (Å²) >= 11 is 0. The van der Waals surface area contributed by atoms with Crippen LogP contribution < -0.4 is 0 Å². The standard InChI is InChI=1S/C49H98/c1-2-3-4-5-6-7-8-9-10-11-12-13-14-15-16-17-18-19-20-21-22-23-24-25-26-27-28-29-30-31-32-33-34-35-36-37-38-39-40-41-43-46-49-47-44-42-45-48-49/h49H,2-48H2,1H3. The Balaban J connectivity index is 1.59. The first kappa shape index (κ1) is 47.0. The van der Waals surface area contributed by atoms with E-state index in [4.69, 9.17) is 0 Å². The lowest BCUT2D eigenvalue weighted by molar-refractivity contribution is 0.328. The van der Waals surface area contributed by atoms with Gasteiger partial charge < -0.3 is 0 Å². The topological polar surface area (TPSA) is 0 Å². The molecular weight excluding hydrogens is 589 g/mol. The molecule has 1 aliphatic rings. The predicted molar refractivity (Wildman–Crippen MR) is 226 cm³/mol. The van der Waals surface area contributed by atoms with Crippen molar-refractivity contribution < 1.29 is 0 Å². The fraction of sp³-hybridized carbons (Fsp3) is 1.00. The predicted octanol–water partition coefficient (Wildman–Crippen LogP) is 19.0. The molecule has 49 heavy (non-hydrogen) atoms. The van der Waals surface area contributed by atoms with Gasteiger partial charge >= 0.3 is 0 Å². The van der Waals surface area contributed by atoms with Crippen molar-refractivity contribution in [2.24, 2.45) is 5.92 Å². The molecule has 0 radical (unpaired) electrons. The highest BCUT2D eigenvalue weighted by Gasteiger charge is 2.12. The summed E-state index contributed by atoms with van der Waals surface area (Å²) in [4.78, 5) is 0. The van der Waals surface area contributed by atoms with Crippen LogP contribution in [0.5, 0.6) is 0 Å². The number of hydrogen-bond donors (Lipinski definition) is 0. The van der Waals surface area contributed by atoms with E-state index in [2.05, 4.69) is 6.92 Å². The van der Waals surface area contributed by atoms with Crippen molar-refractivity contribution >= 4 is 0 Å². The van der Waals surface area contributed by atoms with Crippen molar-refractivity contribution in [1.29, 1.82) is 0 Å². The summed E-state index contributed by atoms with van der Waals surface area (Å²) in [5.74, 6) is 1.10. The van der Waals surface area contributed by atoms with Crippen LogP contribution in [0.25, 0.3) is 0 Å². The normalized spacial score (nSPS) is 13.9. The quantitative estimate of drug-likeness (QED) is 0.0561. The first-order chi connectivity index (χ1) is 24.4. The molecule has 1 aliphatic carbocycles. The highest BCUT2D eigenvalue weighted by molar-refractivity contribution is 4.65. The van der Waals surface area contributed by atoms with Gasteiger partial charge in [-0.3, -0.25) is 0 Å². The van der Waals surface area contributed by atoms with Crippen LogP contribution in [0, 0.1) is 5.92 Å². The van der Waals surface area contributed by atoms with Crippen LogP contribution in [0.1, 0.15) is 309 Å². The van der Waals surface area contributed by atoms with Crippen LogP contribution in [0.15, 0.2) is 0 Å². The van der Waals surface area contributed by atoms with Crippen LogP contribution in [0.4, 0.5) is 0 Å². The van der Waals surface area contributed by atoms with E-state index in [1.54, 1.807) is 19.3 Å². The molecular formula is C49H98. The molecule has 0 atom stereocenters. The van der Waals surface area contributed by atoms with Crippen molar-refractivity contribution in [2.75, 3.05) is 0 Å². The molecule has 0 spiro atoms. The van der Waals surface area contributed by atoms with Gasteiger partial charge in [0.1, 0.15) is 0 Å². The Kier molecular flexibility index (Phi) is 40.7. The second kappa shape index (κ2) is 42.4. The molecule has 0 unspecified atom stereocenters. The zero-order valence-corrected chi connectivity index (χ0v) is 34.8. The molecule has 0 heteroatoms. The van der Waals surface area contributed by atoms with Gasteiger partial charge in [-0.1, -0.05) is 309 Å². The Bertz CT molecular complexity index is 558. The van der Waals surface area contributed by atoms with E-state index in [0.717, 1.165) is 5.92 Å². The van der Waals surface area contributed by atoms with E-state index in [1.165, 1.54) is 283 Å². The monoisotopic (exact) mass is 687 g/mol. The molecule has 1 fully saturated rings. The summed E-state index contributed by atoms with van der Waals surface area (Å²) in [5, 5.41) is 0. The second-order valence-electron chi connectivity index (χ2n) is 17.4. The van der Waals surface area contributed by atoms with Crippen molar-refractivity contribution in [3.8, 4) is 0 Å². The van der Waals surface area contributed by atoms with Gasteiger partial charge in [-0.05, 0) is 5.92 Å². The van der Waals surface area contributed by atoms with Crippen molar-refractivity contribution in [2.45, 2.75) is 309 Å². The van der Waals surface area contributed by atoms with Gasteiger partial charge in [-0.2, -0.15) is 0 Å². The molecule has 0 aliphatic heterocycles. The Labute approximate surface area is 313 Å². The lowest BCUT2D eigenvalue weighted by atomic mass is 9.85. The van der Waals surface area contributed by atoms with Crippen molar-refractivity contribution in [3.05, 3.63) is 0 Å². The minimum Gasteiger partial charge on any atom is -0.0654 e. The largest absolute Gasteiger partial charge is 0.0654 e. The first-order valence-electron chi connectivity index (χ1n) is 24.4.